The van der Waals surface area contributed by atoms with Crippen molar-refractivity contribution in [1.29, 1.82) is 0 Å². The van der Waals surface area contributed by atoms with E-state index in [0.717, 1.165) is 49.0 Å². The van der Waals surface area contributed by atoms with Crippen LogP contribution in [0.1, 0.15) is 63.0 Å². The topological polar surface area (TPSA) is 55.4 Å². The summed E-state index contributed by atoms with van der Waals surface area (Å²) < 4.78 is 34.1. The second kappa shape index (κ2) is 8.15. The fourth-order valence-corrected chi connectivity index (χ4v) is 4.72. The molecular formula is C18H29NO3S. The maximum atomic E-state index is 12.8. The monoisotopic (exact) mass is 339 g/mol. The van der Waals surface area contributed by atoms with Crippen LogP contribution in [-0.2, 0) is 10.0 Å². The first-order chi connectivity index (χ1) is 10.9. The Morgan fingerprint density at radius 3 is 2.35 bits per heavy atom. The molecule has 1 aromatic rings. The van der Waals surface area contributed by atoms with Gasteiger partial charge in [-0.3, -0.25) is 0 Å². The zero-order valence-corrected chi connectivity index (χ0v) is 15.3. The van der Waals surface area contributed by atoms with Crippen molar-refractivity contribution in [2.45, 2.75) is 76.7 Å². The molecule has 4 nitrogen and oxygen atoms in total. The van der Waals surface area contributed by atoms with Crippen molar-refractivity contribution in [3.63, 3.8) is 0 Å². The lowest BCUT2D eigenvalue weighted by Crippen LogP contribution is -2.34. The number of sulfonamides is 1. The van der Waals surface area contributed by atoms with Gasteiger partial charge in [-0.05, 0) is 56.4 Å². The average molecular weight is 340 g/mol. The van der Waals surface area contributed by atoms with Crippen molar-refractivity contribution in [3.05, 3.63) is 23.3 Å². The molecule has 1 aliphatic carbocycles. The molecule has 23 heavy (non-hydrogen) atoms. The minimum atomic E-state index is -3.47. The van der Waals surface area contributed by atoms with Crippen molar-refractivity contribution in [2.75, 3.05) is 6.61 Å². The maximum Gasteiger partial charge on any atom is 0.241 e. The molecule has 1 aliphatic rings. The fourth-order valence-electron chi connectivity index (χ4n) is 3.10. The molecule has 0 heterocycles. The summed E-state index contributed by atoms with van der Waals surface area (Å²) in [5.74, 6) is 0.776. The molecule has 0 atom stereocenters. The second-order valence-corrected chi connectivity index (χ2v) is 8.22. The molecule has 0 bridgehead atoms. The molecule has 0 unspecified atom stereocenters. The van der Waals surface area contributed by atoms with Gasteiger partial charge in [0, 0.05) is 6.04 Å². The lowest BCUT2D eigenvalue weighted by Gasteiger charge is -2.18. The number of hydrogen-bond acceptors (Lipinski definition) is 3. The normalized spacial score (nSPS) is 17.0. The lowest BCUT2D eigenvalue weighted by molar-refractivity contribution is 0.315. The maximum absolute atomic E-state index is 12.8. The zero-order chi connectivity index (χ0) is 16.9. The first-order valence-electron chi connectivity index (χ1n) is 8.70. The van der Waals surface area contributed by atoms with Crippen LogP contribution in [0.2, 0.25) is 0 Å². The third-order valence-corrected chi connectivity index (χ3v) is 6.06. The largest absolute Gasteiger partial charge is 0.493 e. The van der Waals surface area contributed by atoms with Crippen LogP contribution in [0, 0.1) is 13.8 Å². The van der Waals surface area contributed by atoms with Gasteiger partial charge in [-0.2, -0.15) is 0 Å². The smallest absolute Gasteiger partial charge is 0.241 e. The van der Waals surface area contributed by atoms with E-state index in [2.05, 4.69) is 11.6 Å². The summed E-state index contributed by atoms with van der Waals surface area (Å²) in [5.41, 5.74) is 1.60. The highest BCUT2D eigenvalue weighted by molar-refractivity contribution is 7.89. The van der Waals surface area contributed by atoms with Crippen LogP contribution in [0.25, 0.3) is 0 Å². The number of aryl methyl sites for hydroxylation is 2. The van der Waals surface area contributed by atoms with E-state index in [-0.39, 0.29) is 6.04 Å². The minimum Gasteiger partial charge on any atom is -0.493 e. The van der Waals surface area contributed by atoms with Gasteiger partial charge in [0.15, 0.2) is 0 Å². The quantitative estimate of drug-likeness (QED) is 0.794. The molecular weight excluding hydrogens is 310 g/mol. The first kappa shape index (κ1) is 18.3. The van der Waals surface area contributed by atoms with Gasteiger partial charge in [0.05, 0.1) is 11.5 Å². The van der Waals surface area contributed by atoms with E-state index >= 15 is 0 Å². The highest BCUT2D eigenvalue weighted by atomic mass is 32.2. The standard InChI is InChI=1S/C18H29NO3S/c1-4-11-22-17-12-15(3)18(13-14(17)2)23(20,21)19-16-9-7-5-6-8-10-16/h12-13,16,19H,4-11H2,1-3H3. The number of hydrogen-bond donors (Lipinski definition) is 1. The van der Waals surface area contributed by atoms with Crippen LogP contribution in [0.5, 0.6) is 5.75 Å². The van der Waals surface area contributed by atoms with Crippen molar-refractivity contribution >= 4 is 10.0 Å². The predicted molar refractivity (Wildman–Crippen MR) is 93.5 cm³/mol. The molecule has 0 spiro atoms. The van der Waals surface area contributed by atoms with Crippen molar-refractivity contribution in [3.8, 4) is 5.75 Å². The summed E-state index contributed by atoms with van der Waals surface area (Å²) >= 11 is 0. The summed E-state index contributed by atoms with van der Waals surface area (Å²) in [5, 5.41) is 0. The summed E-state index contributed by atoms with van der Waals surface area (Å²) in [6.45, 7) is 6.43. The Balaban J connectivity index is 2.19. The van der Waals surface area contributed by atoms with E-state index in [9.17, 15) is 8.42 Å². The van der Waals surface area contributed by atoms with Gasteiger partial charge in [-0.15, -0.1) is 0 Å². The lowest BCUT2D eigenvalue weighted by atomic mass is 10.1. The number of benzene rings is 1. The Kier molecular flexibility index (Phi) is 6.48. The van der Waals surface area contributed by atoms with E-state index in [0.29, 0.717) is 11.5 Å². The third kappa shape index (κ3) is 4.95. The second-order valence-electron chi connectivity index (χ2n) is 6.54. The third-order valence-electron chi connectivity index (χ3n) is 4.40. The van der Waals surface area contributed by atoms with Gasteiger partial charge in [0.25, 0.3) is 0 Å². The number of nitrogens with one attached hydrogen (secondary N) is 1. The number of rotatable bonds is 6. The highest BCUT2D eigenvalue weighted by Crippen LogP contribution is 2.27. The van der Waals surface area contributed by atoms with E-state index in [1.807, 2.05) is 19.9 Å². The fraction of sp³-hybridized carbons (Fsp3) is 0.667. The Morgan fingerprint density at radius 2 is 1.74 bits per heavy atom. The molecule has 0 saturated heterocycles. The van der Waals surface area contributed by atoms with Crippen LogP contribution >= 0.6 is 0 Å². The molecule has 0 amide bonds. The van der Waals surface area contributed by atoms with E-state index < -0.39 is 10.0 Å². The van der Waals surface area contributed by atoms with E-state index in [4.69, 9.17) is 4.74 Å². The van der Waals surface area contributed by atoms with E-state index in [1.165, 1.54) is 12.8 Å². The SMILES string of the molecule is CCCOc1cc(C)c(S(=O)(=O)NC2CCCCCC2)cc1C. The Hall–Kier alpha value is -1.07. The summed E-state index contributed by atoms with van der Waals surface area (Å²) in [6, 6.07) is 3.64. The van der Waals surface area contributed by atoms with Gasteiger partial charge in [-0.25, -0.2) is 13.1 Å². The zero-order valence-electron chi connectivity index (χ0n) is 14.5. The van der Waals surface area contributed by atoms with Gasteiger partial charge < -0.3 is 4.74 Å². The van der Waals surface area contributed by atoms with Gasteiger partial charge in [0.2, 0.25) is 10.0 Å². The van der Waals surface area contributed by atoms with Crippen molar-refractivity contribution in [1.82, 2.24) is 4.72 Å². The van der Waals surface area contributed by atoms with Crippen LogP contribution in [0.3, 0.4) is 0 Å². The molecule has 1 N–H and O–H groups in total. The minimum absolute atomic E-state index is 0.0678. The Bertz CT molecular complexity index is 617. The summed E-state index contributed by atoms with van der Waals surface area (Å²) in [7, 11) is -3.47. The van der Waals surface area contributed by atoms with E-state index in [1.54, 1.807) is 6.07 Å². The molecule has 130 valence electrons. The molecule has 1 saturated carbocycles. The summed E-state index contributed by atoms with van der Waals surface area (Å²) in [6.07, 6.45) is 7.44. The molecule has 1 fully saturated rings. The van der Waals surface area contributed by atoms with Crippen LogP contribution < -0.4 is 9.46 Å². The molecule has 0 aliphatic heterocycles. The predicted octanol–water partition coefficient (Wildman–Crippen LogP) is 4.09. The van der Waals surface area contributed by atoms with Gasteiger partial charge >= 0.3 is 0 Å². The Labute approximate surface area is 140 Å². The van der Waals surface area contributed by atoms with Gasteiger partial charge in [-0.1, -0.05) is 32.6 Å². The van der Waals surface area contributed by atoms with Crippen LogP contribution in [0.15, 0.2) is 17.0 Å². The van der Waals surface area contributed by atoms with Crippen molar-refractivity contribution in [2.24, 2.45) is 0 Å². The molecule has 2 rings (SSSR count). The first-order valence-corrected chi connectivity index (χ1v) is 10.2. The number of ether oxygens (including phenoxy) is 1. The molecule has 0 radical (unpaired) electrons. The molecule has 1 aromatic carbocycles. The van der Waals surface area contributed by atoms with Crippen LogP contribution in [-0.4, -0.2) is 21.1 Å². The highest BCUT2D eigenvalue weighted by Gasteiger charge is 2.23. The Morgan fingerprint density at radius 1 is 1.09 bits per heavy atom. The van der Waals surface area contributed by atoms with Crippen molar-refractivity contribution < 1.29 is 13.2 Å². The average Bonchev–Trinajstić information content (AvgIpc) is 2.75. The molecule has 5 heteroatoms. The molecule has 0 aromatic heterocycles. The summed E-state index contributed by atoms with van der Waals surface area (Å²) in [4.78, 5) is 0.378. The van der Waals surface area contributed by atoms with Crippen LogP contribution in [0.4, 0.5) is 0 Å². The van der Waals surface area contributed by atoms with Gasteiger partial charge in [0.1, 0.15) is 5.75 Å².